The van der Waals surface area contributed by atoms with Crippen molar-refractivity contribution in [2.45, 2.75) is 0 Å². The molecule has 7 aromatic carbocycles. The van der Waals surface area contributed by atoms with Crippen LogP contribution in [0.2, 0.25) is 0 Å². The lowest BCUT2D eigenvalue weighted by Gasteiger charge is -2.17. The first kappa shape index (κ1) is 28.8. The van der Waals surface area contributed by atoms with E-state index in [9.17, 15) is 5.26 Å². The normalized spacial score (nSPS) is 10.9. The molecule has 4 nitrogen and oxygen atoms in total. The Balaban J connectivity index is 1.33. The van der Waals surface area contributed by atoms with Gasteiger partial charge in [-0.1, -0.05) is 158 Å². The highest BCUT2D eigenvalue weighted by molar-refractivity contribution is 6.03. The van der Waals surface area contributed by atoms with E-state index in [-0.39, 0.29) is 0 Å². The van der Waals surface area contributed by atoms with Crippen LogP contribution in [0.5, 0.6) is 0 Å². The average molecular weight is 613 g/mol. The van der Waals surface area contributed by atoms with Gasteiger partial charge in [-0.2, -0.15) is 5.26 Å². The van der Waals surface area contributed by atoms with Crippen LogP contribution >= 0.6 is 0 Å². The molecule has 0 aliphatic carbocycles. The van der Waals surface area contributed by atoms with Gasteiger partial charge in [-0.05, 0) is 50.7 Å². The van der Waals surface area contributed by atoms with Crippen LogP contribution in [0.15, 0.2) is 170 Å². The average Bonchev–Trinajstić information content (AvgIpc) is 3.18. The highest BCUT2D eigenvalue weighted by Crippen LogP contribution is 2.42. The predicted octanol–water partition coefficient (Wildman–Crippen LogP) is 10.9. The number of aromatic nitrogens is 3. The van der Waals surface area contributed by atoms with E-state index < -0.39 is 0 Å². The first-order chi connectivity index (χ1) is 23.7. The van der Waals surface area contributed by atoms with Crippen molar-refractivity contribution in [2.24, 2.45) is 0 Å². The van der Waals surface area contributed by atoms with E-state index in [0.717, 1.165) is 50.1 Å². The molecule has 0 amide bonds. The molecule has 0 spiro atoms. The van der Waals surface area contributed by atoms with Gasteiger partial charge >= 0.3 is 0 Å². The van der Waals surface area contributed by atoms with E-state index in [1.54, 1.807) is 0 Å². The predicted molar refractivity (Wildman–Crippen MR) is 195 cm³/mol. The van der Waals surface area contributed by atoms with Gasteiger partial charge in [0.25, 0.3) is 0 Å². The van der Waals surface area contributed by atoms with Crippen LogP contribution in [-0.4, -0.2) is 15.0 Å². The molecule has 0 radical (unpaired) electrons. The van der Waals surface area contributed by atoms with Crippen molar-refractivity contribution in [2.75, 3.05) is 0 Å². The third kappa shape index (κ3) is 5.51. The monoisotopic (exact) mass is 612 g/mol. The molecule has 0 saturated carbocycles. The minimum atomic E-state index is 0.597. The van der Waals surface area contributed by atoms with Gasteiger partial charge in [-0.15, -0.1) is 0 Å². The van der Waals surface area contributed by atoms with Gasteiger partial charge in [0.05, 0.1) is 11.6 Å². The molecule has 4 heteroatoms. The molecule has 1 aromatic heterocycles. The summed E-state index contributed by atoms with van der Waals surface area (Å²) in [6.45, 7) is 0. The Morgan fingerprint density at radius 3 is 1.52 bits per heavy atom. The van der Waals surface area contributed by atoms with Gasteiger partial charge in [0.15, 0.2) is 17.5 Å². The molecule has 0 aliphatic heterocycles. The summed E-state index contributed by atoms with van der Waals surface area (Å²) in [7, 11) is 0. The van der Waals surface area contributed by atoms with Crippen LogP contribution < -0.4 is 0 Å². The quantitative estimate of drug-likeness (QED) is 0.187. The van der Waals surface area contributed by atoms with Gasteiger partial charge in [0, 0.05) is 22.3 Å². The molecule has 8 rings (SSSR count). The van der Waals surface area contributed by atoms with Crippen LogP contribution in [0.25, 0.3) is 78.3 Å². The first-order valence-corrected chi connectivity index (χ1v) is 15.8. The Kier molecular flexibility index (Phi) is 7.54. The minimum Gasteiger partial charge on any atom is -0.208 e. The van der Waals surface area contributed by atoms with E-state index in [0.29, 0.717) is 23.0 Å². The molecule has 0 unspecified atom stereocenters. The summed E-state index contributed by atoms with van der Waals surface area (Å²) in [5, 5.41) is 11.6. The molecule has 8 aromatic rings. The molecule has 0 N–H and O–H groups in total. The van der Waals surface area contributed by atoms with Crippen molar-refractivity contribution in [3.8, 4) is 73.6 Å². The topological polar surface area (TPSA) is 62.5 Å². The SMILES string of the molecule is N#Cc1ccc(-c2ccc(-c3nc(-c4ccccc4)nc(-c4cccc(-c5cccc6ccccc56)c4-c4ccccc4)n3)cc2)cc1. The zero-order valence-electron chi connectivity index (χ0n) is 26.0. The highest BCUT2D eigenvalue weighted by Gasteiger charge is 2.20. The number of hydrogen-bond donors (Lipinski definition) is 0. The van der Waals surface area contributed by atoms with Gasteiger partial charge in [0.1, 0.15) is 0 Å². The van der Waals surface area contributed by atoms with Crippen molar-refractivity contribution >= 4 is 10.8 Å². The number of nitriles is 1. The lowest BCUT2D eigenvalue weighted by atomic mass is 9.88. The lowest BCUT2D eigenvalue weighted by Crippen LogP contribution is -2.02. The van der Waals surface area contributed by atoms with E-state index in [2.05, 4.69) is 103 Å². The summed E-state index contributed by atoms with van der Waals surface area (Å²) >= 11 is 0. The Hall–Kier alpha value is -6.70. The fourth-order valence-corrected chi connectivity index (χ4v) is 6.23. The molecule has 0 bridgehead atoms. The van der Waals surface area contributed by atoms with E-state index in [1.807, 2.05) is 72.8 Å². The molecular weight excluding hydrogens is 585 g/mol. The maximum atomic E-state index is 9.20. The minimum absolute atomic E-state index is 0.597. The fourth-order valence-electron chi connectivity index (χ4n) is 6.23. The van der Waals surface area contributed by atoms with Gasteiger partial charge < -0.3 is 0 Å². The largest absolute Gasteiger partial charge is 0.208 e. The summed E-state index contributed by atoms with van der Waals surface area (Å²) in [5.74, 6) is 1.82. The molecule has 48 heavy (non-hydrogen) atoms. The Labute approximate surface area is 279 Å². The molecule has 0 atom stereocenters. The van der Waals surface area contributed by atoms with E-state index in [1.165, 1.54) is 10.8 Å². The van der Waals surface area contributed by atoms with Crippen molar-refractivity contribution < 1.29 is 0 Å². The van der Waals surface area contributed by atoms with Crippen molar-refractivity contribution in [1.82, 2.24) is 15.0 Å². The van der Waals surface area contributed by atoms with Crippen LogP contribution in [0.1, 0.15) is 5.56 Å². The smallest absolute Gasteiger partial charge is 0.164 e. The second kappa shape index (κ2) is 12.6. The van der Waals surface area contributed by atoms with Crippen molar-refractivity contribution in [1.29, 1.82) is 5.26 Å². The highest BCUT2D eigenvalue weighted by atomic mass is 15.0. The summed E-state index contributed by atoms with van der Waals surface area (Å²) in [5.41, 5.74) is 9.91. The number of rotatable bonds is 6. The van der Waals surface area contributed by atoms with E-state index in [4.69, 9.17) is 15.0 Å². The van der Waals surface area contributed by atoms with Crippen LogP contribution in [0.3, 0.4) is 0 Å². The van der Waals surface area contributed by atoms with Crippen LogP contribution in [0, 0.1) is 11.3 Å². The second-order valence-electron chi connectivity index (χ2n) is 11.6. The molecular formula is C44H28N4. The summed E-state index contributed by atoms with van der Waals surface area (Å²) in [4.78, 5) is 15.3. The standard InChI is InChI=1S/C44H28N4/c45-29-30-21-23-31(24-22-30)32-25-27-36(28-26-32)43-46-42(35-14-5-2-6-15-35)47-44(48-43)40-20-10-19-39(41(40)34-12-3-1-4-13-34)38-18-9-16-33-11-7-8-17-37(33)38/h1-28H. The van der Waals surface area contributed by atoms with E-state index >= 15 is 0 Å². The number of fused-ring (bicyclic) bond motifs is 1. The van der Waals surface area contributed by atoms with Gasteiger partial charge in [-0.3, -0.25) is 0 Å². The van der Waals surface area contributed by atoms with Crippen molar-refractivity contribution in [3.63, 3.8) is 0 Å². The molecule has 0 saturated heterocycles. The number of benzene rings is 7. The second-order valence-corrected chi connectivity index (χ2v) is 11.6. The third-order valence-corrected chi connectivity index (χ3v) is 8.61. The molecule has 0 aliphatic rings. The number of hydrogen-bond acceptors (Lipinski definition) is 4. The third-order valence-electron chi connectivity index (χ3n) is 8.61. The summed E-state index contributed by atoms with van der Waals surface area (Å²) in [6.07, 6.45) is 0. The molecule has 1 heterocycles. The zero-order chi connectivity index (χ0) is 32.3. The molecule has 0 fully saturated rings. The Morgan fingerprint density at radius 1 is 0.354 bits per heavy atom. The van der Waals surface area contributed by atoms with Crippen molar-refractivity contribution in [3.05, 3.63) is 175 Å². The summed E-state index contributed by atoms with van der Waals surface area (Å²) < 4.78 is 0. The Morgan fingerprint density at radius 2 is 0.833 bits per heavy atom. The molecule has 224 valence electrons. The maximum absolute atomic E-state index is 9.20. The summed E-state index contributed by atoms with van der Waals surface area (Å²) in [6, 6.07) is 59.9. The number of nitrogens with zero attached hydrogens (tertiary/aromatic N) is 4. The maximum Gasteiger partial charge on any atom is 0.164 e. The lowest BCUT2D eigenvalue weighted by molar-refractivity contribution is 1.07. The first-order valence-electron chi connectivity index (χ1n) is 15.8. The van der Waals surface area contributed by atoms with Crippen LogP contribution in [-0.2, 0) is 0 Å². The Bertz CT molecular complexity index is 2420. The van der Waals surface area contributed by atoms with Gasteiger partial charge in [-0.25, -0.2) is 15.0 Å². The fraction of sp³-hybridized carbons (Fsp3) is 0. The van der Waals surface area contributed by atoms with Crippen LogP contribution in [0.4, 0.5) is 0 Å². The zero-order valence-corrected chi connectivity index (χ0v) is 26.0. The van der Waals surface area contributed by atoms with Gasteiger partial charge in [0.2, 0.25) is 0 Å².